The van der Waals surface area contributed by atoms with Crippen molar-refractivity contribution in [3.05, 3.63) is 42.7 Å². The van der Waals surface area contributed by atoms with Gasteiger partial charge in [0.1, 0.15) is 5.75 Å². The number of rotatable bonds is 8. The molecule has 2 aromatic heterocycles. The fourth-order valence-electron chi connectivity index (χ4n) is 2.35. The zero-order chi connectivity index (χ0) is 18.4. The minimum atomic E-state index is 0.190. The van der Waals surface area contributed by atoms with Gasteiger partial charge in [0, 0.05) is 37.3 Å². The van der Waals surface area contributed by atoms with Crippen LogP contribution in [0.25, 0.3) is 10.6 Å². The topological polar surface area (TPSA) is 81.2 Å². The molecule has 0 saturated heterocycles. The maximum Gasteiger partial charge on any atom is 0.227 e. The molecule has 2 N–H and O–H groups in total. The first-order valence-electron chi connectivity index (χ1n) is 8.13. The molecule has 8 heteroatoms. The summed E-state index contributed by atoms with van der Waals surface area (Å²) in [6, 6.07) is 9.68. The number of benzene rings is 1. The average molecular weight is 371 g/mol. The Morgan fingerprint density at radius 3 is 2.88 bits per heavy atom. The maximum absolute atomic E-state index is 5.23. The van der Waals surface area contributed by atoms with Crippen molar-refractivity contribution in [3.8, 4) is 16.3 Å². The van der Waals surface area contributed by atoms with E-state index in [-0.39, 0.29) is 6.04 Å². The van der Waals surface area contributed by atoms with Crippen LogP contribution in [-0.2, 0) is 4.74 Å². The Morgan fingerprint density at radius 1 is 1.19 bits per heavy atom. The molecule has 3 aromatic rings. The van der Waals surface area contributed by atoms with Gasteiger partial charge in [0.15, 0.2) is 5.13 Å². The van der Waals surface area contributed by atoms with Gasteiger partial charge >= 0.3 is 0 Å². The fourth-order valence-corrected chi connectivity index (χ4v) is 3.25. The van der Waals surface area contributed by atoms with Gasteiger partial charge in [0.2, 0.25) is 5.95 Å². The molecule has 0 bridgehead atoms. The lowest BCUT2D eigenvalue weighted by Crippen LogP contribution is -2.20. The van der Waals surface area contributed by atoms with Crippen molar-refractivity contribution in [2.75, 3.05) is 31.5 Å². The van der Waals surface area contributed by atoms with Crippen LogP contribution in [-0.4, -0.2) is 41.8 Å². The van der Waals surface area contributed by atoms with Crippen molar-refractivity contribution in [1.29, 1.82) is 0 Å². The van der Waals surface area contributed by atoms with Gasteiger partial charge in [0.25, 0.3) is 0 Å². The van der Waals surface area contributed by atoms with Crippen molar-refractivity contribution in [3.63, 3.8) is 0 Å². The number of nitrogens with zero attached hydrogens (tertiary/aromatic N) is 3. The zero-order valence-corrected chi connectivity index (χ0v) is 15.7. The van der Waals surface area contributed by atoms with Gasteiger partial charge < -0.3 is 20.1 Å². The molecular weight excluding hydrogens is 350 g/mol. The molecule has 0 fully saturated rings. The second kappa shape index (κ2) is 8.59. The van der Waals surface area contributed by atoms with Crippen molar-refractivity contribution in [2.45, 2.75) is 13.0 Å². The highest BCUT2D eigenvalue weighted by Crippen LogP contribution is 2.29. The van der Waals surface area contributed by atoms with Gasteiger partial charge in [-0.05, 0) is 25.1 Å². The molecule has 136 valence electrons. The molecule has 0 aliphatic carbocycles. The zero-order valence-electron chi connectivity index (χ0n) is 14.9. The second-order valence-electron chi connectivity index (χ2n) is 5.65. The van der Waals surface area contributed by atoms with Gasteiger partial charge in [-0.25, -0.2) is 15.0 Å². The first kappa shape index (κ1) is 18.1. The Balaban J connectivity index is 1.74. The molecule has 0 radical (unpaired) electrons. The van der Waals surface area contributed by atoms with E-state index in [1.165, 1.54) is 0 Å². The number of anilines is 3. The van der Waals surface area contributed by atoms with Crippen LogP contribution in [0, 0.1) is 0 Å². The predicted octanol–water partition coefficient (Wildman–Crippen LogP) is 3.80. The van der Waals surface area contributed by atoms with Crippen molar-refractivity contribution in [2.24, 2.45) is 0 Å². The highest BCUT2D eigenvalue weighted by molar-refractivity contribution is 7.18. The predicted molar refractivity (Wildman–Crippen MR) is 104 cm³/mol. The summed E-state index contributed by atoms with van der Waals surface area (Å²) < 4.78 is 10.4. The molecule has 0 spiro atoms. The van der Waals surface area contributed by atoms with E-state index in [1.807, 2.05) is 43.5 Å². The van der Waals surface area contributed by atoms with E-state index < -0.39 is 0 Å². The van der Waals surface area contributed by atoms with E-state index in [1.54, 1.807) is 31.8 Å². The van der Waals surface area contributed by atoms with E-state index in [4.69, 9.17) is 9.47 Å². The van der Waals surface area contributed by atoms with Crippen LogP contribution in [0.4, 0.5) is 16.8 Å². The average Bonchev–Trinajstić information content (AvgIpc) is 3.11. The van der Waals surface area contributed by atoms with Crippen LogP contribution in [0.5, 0.6) is 5.75 Å². The molecule has 2 heterocycles. The van der Waals surface area contributed by atoms with Crippen LogP contribution in [0.2, 0.25) is 0 Å². The van der Waals surface area contributed by atoms with Crippen LogP contribution < -0.4 is 15.4 Å². The molecule has 7 nitrogen and oxygen atoms in total. The number of ether oxygens (including phenoxy) is 2. The monoisotopic (exact) mass is 371 g/mol. The van der Waals surface area contributed by atoms with Gasteiger partial charge in [-0.1, -0.05) is 17.4 Å². The minimum absolute atomic E-state index is 0.190. The SMILES string of the molecule is COCC(C)Nc1ncc(-c2ccnc(Nc3cccc(OC)c3)n2)s1. The van der Waals surface area contributed by atoms with Crippen LogP contribution in [0.1, 0.15) is 6.92 Å². The quantitative estimate of drug-likeness (QED) is 0.623. The lowest BCUT2D eigenvalue weighted by atomic mass is 10.3. The van der Waals surface area contributed by atoms with Crippen molar-refractivity contribution < 1.29 is 9.47 Å². The smallest absolute Gasteiger partial charge is 0.227 e. The lowest BCUT2D eigenvalue weighted by molar-refractivity contribution is 0.190. The molecular formula is C18H21N5O2S. The number of methoxy groups -OCH3 is 2. The van der Waals surface area contributed by atoms with E-state index >= 15 is 0 Å². The first-order chi connectivity index (χ1) is 12.7. The summed E-state index contributed by atoms with van der Waals surface area (Å²) >= 11 is 1.55. The van der Waals surface area contributed by atoms with Gasteiger partial charge in [-0.3, -0.25) is 0 Å². The molecule has 1 atom stereocenters. The number of aromatic nitrogens is 3. The maximum atomic E-state index is 5.23. The van der Waals surface area contributed by atoms with E-state index in [9.17, 15) is 0 Å². The Hall–Kier alpha value is -2.71. The fraction of sp³-hybridized carbons (Fsp3) is 0.278. The number of nitrogens with one attached hydrogen (secondary N) is 2. The Bertz CT molecular complexity index is 855. The molecule has 0 saturated carbocycles. The molecule has 3 rings (SSSR count). The van der Waals surface area contributed by atoms with Crippen LogP contribution >= 0.6 is 11.3 Å². The summed E-state index contributed by atoms with van der Waals surface area (Å²) in [6.45, 7) is 2.67. The lowest BCUT2D eigenvalue weighted by Gasteiger charge is -2.10. The standard InChI is InChI=1S/C18H21N5O2S/c1-12(11-24-2)21-18-20-10-16(26-18)15-7-8-19-17(23-15)22-13-5-4-6-14(9-13)25-3/h4-10,12H,11H2,1-3H3,(H,20,21)(H,19,22,23). The highest BCUT2D eigenvalue weighted by Gasteiger charge is 2.10. The van der Waals surface area contributed by atoms with Crippen LogP contribution in [0.15, 0.2) is 42.7 Å². The van der Waals surface area contributed by atoms with Gasteiger partial charge in [-0.2, -0.15) is 0 Å². The highest BCUT2D eigenvalue weighted by atomic mass is 32.1. The third kappa shape index (κ3) is 4.68. The number of thiazole rings is 1. The van der Waals surface area contributed by atoms with E-state index in [0.29, 0.717) is 12.6 Å². The van der Waals surface area contributed by atoms with Crippen molar-refractivity contribution in [1.82, 2.24) is 15.0 Å². The largest absolute Gasteiger partial charge is 0.497 e. The number of hydrogen-bond acceptors (Lipinski definition) is 8. The molecule has 1 aromatic carbocycles. The van der Waals surface area contributed by atoms with Crippen LogP contribution in [0.3, 0.4) is 0 Å². The Labute approximate surface area is 156 Å². The first-order valence-corrected chi connectivity index (χ1v) is 8.95. The molecule has 26 heavy (non-hydrogen) atoms. The normalized spacial score (nSPS) is 11.8. The molecule has 0 amide bonds. The summed E-state index contributed by atoms with van der Waals surface area (Å²) in [5.41, 5.74) is 1.68. The number of hydrogen-bond donors (Lipinski definition) is 2. The summed E-state index contributed by atoms with van der Waals surface area (Å²) in [7, 11) is 3.32. The van der Waals surface area contributed by atoms with E-state index in [0.717, 1.165) is 27.1 Å². The molecule has 0 aliphatic rings. The van der Waals surface area contributed by atoms with Gasteiger partial charge in [0.05, 0.1) is 24.3 Å². The van der Waals surface area contributed by atoms with Gasteiger partial charge in [-0.15, -0.1) is 0 Å². The summed E-state index contributed by atoms with van der Waals surface area (Å²) in [6.07, 6.45) is 3.54. The third-order valence-corrected chi connectivity index (χ3v) is 4.48. The minimum Gasteiger partial charge on any atom is -0.497 e. The van der Waals surface area contributed by atoms with E-state index in [2.05, 4.69) is 25.6 Å². The summed E-state index contributed by atoms with van der Waals surface area (Å²) in [4.78, 5) is 14.2. The Kier molecular flexibility index (Phi) is 5.98. The molecule has 1 unspecified atom stereocenters. The molecule has 0 aliphatic heterocycles. The summed E-state index contributed by atoms with van der Waals surface area (Å²) in [5, 5.41) is 7.34. The Morgan fingerprint density at radius 2 is 2.08 bits per heavy atom. The van der Waals surface area contributed by atoms with Crippen molar-refractivity contribution >= 4 is 28.1 Å². The third-order valence-electron chi connectivity index (χ3n) is 3.53. The summed E-state index contributed by atoms with van der Waals surface area (Å²) in [5.74, 6) is 1.29. The second-order valence-corrected chi connectivity index (χ2v) is 6.68.